The van der Waals surface area contributed by atoms with Crippen LogP contribution in [0, 0.1) is 0 Å². The molecule has 1 amide bonds. The van der Waals surface area contributed by atoms with E-state index in [-0.39, 0.29) is 12.5 Å². The minimum Gasteiger partial charge on any atom is -0.395 e. The van der Waals surface area contributed by atoms with Crippen LogP contribution in [0.15, 0.2) is 6.20 Å². The maximum Gasteiger partial charge on any atom is 0.257 e. The van der Waals surface area contributed by atoms with Gasteiger partial charge in [-0.15, -0.1) is 0 Å². The van der Waals surface area contributed by atoms with Crippen LogP contribution in [0.5, 0.6) is 0 Å². The number of rotatable bonds is 4. The van der Waals surface area contributed by atoms with Gasteiger partial charge in [0.2, 0.25) is 0 Å². The van der Waals surface area contributed by atoms with Gasteiger partial charge in [0.15, 0.2) is 0 Å². The lowest BCUT2D eigenvalue weighted by atomic mass is 10.1. The number of β-amino-alcohol motifs (C(OH)–C–C–N with tert-alkyl or cyclic N) is 1. The Bertz CT molecular complexity index is 436. The molecule has 2 heterocycles. The summed E-state index contributed by atoms with van der Waals surface area (Å²) >= 11 is 0. The number of piperazine rings is 1. The van der Waals surface area contributed by atoms with Crippen LogP contribution >= 0.6 is 0 Å². The third-order valence-corrected chi connectivity index (χ3v) is 3.55. The number of carbonyl (C=O) groups is 1. The fraction of sp³-hybridized carbons (Fsp3) is 0.692. The molecule has 1 aliphatic heterocycles. The van der Waals surface area contributed by atoms with Gasteiger partial charge in [-0.2, -0.15) is 5.10 Å². The molecule has 6 nitrogen and oxygen atoms in total. The van der Waals surface area contributed by atoms with Crippen molar-refractivity contribution in [1.82, 2.24) is 19.6 Å². The molecule has 0 atom stereocenters. The molecule has 1 N–H and O–H groups in total. The smallest absolute Gasteiger partial charge is 0.257 e. The highest BCUT2D eigenvalue weighted by molar-refractivity contribution is 5.95. The summed E-state index contributed by atoms with van der Waals surface area (Å²) in [5.41, 5.74) is 1.59. The zero-order valence-electron chi connectivity index (χ0n) is 11.7. The van der Waals surface area contributed by atoms with E-state index in [0.717, 1.165) is 43.9 Å². The second-order valence-electron chi connectivity index (χ2n) is 4.87. The van der Waals surface area contributed by atoms with Crippen molar-refractivity contribution in [2.45, 2.75) is 13.3 Å². The van der Waals surface area contributed by atoms with Crippen molar-refractivity contribution < 1.29 is 9.90 Å². The lowest BCUT2D eigenvalue weighted by Gasteiger charge is -2.34. The molecule has 0 radical (unpaired) electrons. The summed E-state index contributed by atoms with van der Waals surface area (Å²) in [4.78, 5) is 16.5. The SMILES string of the molecule is CCc1nn(C)cc1C(=O)N1CCN(CCO)CC1. The summed E-state index contributed by atoms with van der Waals surface area (Å²) in [6, 6.07) is 0. The van der Waals surface area contributed by atoms with E-state index in [9.17, 15) is 4.79 Å². The van der Waals surface area contributed by atoms with Gasteiger partial charge in [-0.3, -0.25) is 14.4 Å². The molecular formula is C13H22N4O2. The maximum atomic E-state index is 12.5. The van der Waals surface area contributed by atoms with E-state index in [1.165, 1.54) is 0 Å². The average Bonchev–Trinajstić information content (AvgIpc) is 2.80. The first-order valence-corrected chi connectivity index (χ1v) is 6.80. The normalized spacial score (nSPS) is 16.9. The van der Waals surface area contributed by atoms with Crippen molar-refractivity contribution in [3.63, 3.8) is 0 Å². The Labute approximate surface area is 113 Å². The number of aromatic nitrogens is 2. The molecule has 106 valence electrons. The van der Waals surface area contributed by atoms with E-state index in [1.54, 1.807) is 10.9 Å². The van der Waals surface area contributed by atoms with Crippen LogP contribution in [0.2, 0.25) is 0 Å². The number of carbonyl (C=O) groups excluding carboxylic acids is 1. The van der Waals surface area contributed by atoms with Crippen LogP contribution in [0.4, 0.5) is 0 Å². The minimum atomic E-state index is 0.0774. The Hall–Kier alpha value is -1.40. The summed E-state index contributed by atoms with van der Waals surface area (Å²) in [5, 5.41) is 13.2. The van der Waals surface area contributed by atoms with E-state index < -0.39 is 0 Å². The molecule has 6 heteroatoms. The van der Waals surface area contributed by atoms with Gasteiger partial charge >= 0.3 is 0 Å². The highest BCUT2D eigenvalue weighted by atomic mass is 16.3. The van der Waals surface area contributed by atoms with Crippen LogP contribution in [0.3, 0.4) is 0 Å². The molecule has 0 aliphatic carbocycles. The predicted octanol–water partition coefficient (Wildman–Crippen LogP) is -0.267. The van der Waals surface area contributed by atoms with Crippen molar-refractivity contribution in [3.8, 4) is 0 Å². The molecule has 0 saturated carbocycles. The number of amides is 1. The molecule has 19 heavy (non-hydrogen) atoms. The number of aryl methyl sites for hydroxylation is 2. The summed E-state index contributed by atoms with van der Waals surface area (Å²) in [5.74, 6) is 0.0774. The second kappa shape index (κ2) is 6.16. The molecule has 1 saturated heterocycles. The van der Waals surface area contributed by atoms with E-state index in [2.05, 4.69) is 10.00 Å². The first-order chi connectivity index (χ1) is 9.15. The Morgan fingerprint density at radius 3 is 2.63 bits per heavy atom. The third-order valence-electron chi connectivity index (χ3n) is 3.55. The van der Waals surface area contributed by atoms with Crippen LogP contribution in [-0.2, 0) is 13.5 Å². The molecule has 0 bridgehead atoms. The summed E-state index contributed by atoms with van der Waals surface area (Å²) in [7, 11) is 1.84. The number of hydrogen-bond donors (Lipinski definition) is 1. The van der Waals surface area contributed by atoms with Crippen molar-refractivity contribution in [2.24, 2.45) is 7.05 Å². The number of aliphatic hydroxyl groups is 1. The van der Waals surface area contributed by atoms with Gasteiger partial charge in [0.25, 0.3) is 5.91 Å². The van der Waals surface area contributed by atoms with E-state index >= 15 is 0 Å². The summed E-state index contributed by atoms with van der Waals surface area (Å²) in [6.45, 7) is 5.97. The molecule has 0 unspecified atom stereocenters. The van der Waals surface area contributed by atoms with E-state index in [1.807, 2.05) is 18.9 Å². The van der Waals surface area contributed by atoms with Crippen LogP contribution in [0.25, 0.3) is 0 Å². The number of hydrogen-bond acceptors (Lipinski definition) is 4. The molecule has 1 aromatic heterocycles. The van der Waals surface area contributed by atoms with Crippen molar-refractivity contribution in [3.05, 3.63) is 17.5 Å². The summed E-state index contributed by atoms with van der Waals surface area (Å²) in [6.07, 6.45) is 2.58. The molecule has 0 aromatic carbocycles. The van der Waals surface area contributed by atoms with Crippen LogP contribution < -0.4 is 0 Å². The first kappa shape index (κ1) is 14.0. The van der Waals surface area contributed by atoms with Gasteiger partial charge in [0, 0.05) is 46.0 Å². The molecule has 1 aliphatic rings. The van der Waals surface area contributed by atoms with Crippen LogP contribution in [-0.4, -0.2) is 69.9 Å². The highest BCUT2D eigenvalue weighted by Gasteiger charge is 2.24. The number of aliphatic hydroxyl groups excluding tert-OH is 1. The zero-order valence-corrected chi connectivity index (χ0v) is 11.7. The Balaban J connectivity index is 2.01. The minimum absolute atomic E-state index is 0.0774. The van der Waals surface area contributed by atoms with Crippen LogP contribution in [0.1, 0.15) is 23.0 Å². The fourth-order valence-electron chi connectivity index (χ4n) is 2.46. The quantitative estimate of drug-likeness (QED) is 0.815. The van der Waals surface area contributed by atoms with Gasteiger partial charge in [-0.05, 0) is 6.42 Å². The van der Waals surface area contributed by atoms with Gasteiger partial charge in [0.1, 0.15) is 0 Å². The monoisotopic (exact) mass is 266 g/mol. The Morgan fingerprint density at radius 1 is 1.37 bits per heavy atom. The van der Waals surface area contributed by atoms with E-state index in [0.29, 0.717) is 6.54 Å². The van der Waals surface area contributed by atoms with Crippen molar-refractivity contribution in [1.29, 1.82) is 0 Å². The predicted molar refractivity (Wildman–Crippen MR) is 72.0 cm³/mol. The molecule has 1 fully saturated rings. The number of nitrogens with zero attached hydrogens (tertiary/aromatic N) is 4. The third kappa shape index (κ3) is 3.13. The van der Waals surface area contributed by atoms with Gasteiger partial charge in [0.05, 0.1) is 17.9 Å². The molecule has 2 rings (SSSR count). The zero-order chi connectivity index (χ0) is 13.8. The maximum absolute atomic E-state index is 12.5. The largest absolute Gasteiger partial charge is 0.395 e. The van der Waals surface area contributed by atoms with Gasteiger partial charge in [-0.1, -0.05) is 6.92 Å². The molecule has 0 spiro atoms. The second-order valence-corrected chi connectivity index (χ2v) is 4.87. The standard InChI is InChI=1S/C13H22N4O2/c1-3-12-11(10-15(2)14-12)13(19)17-6-4-16(5-7-17)8-9-18/h10,18H,3-9H2,1-2H3. The lowest BCUT2D eigenvalue weighted by Crippen LogP contribution is -2.49. The summed E-state index contributed by atoms with van der Waals surface area (Å²) < 4.78 is 1.70. The van der Waals surface area contributed by atoms with Crippen molar-refractivity contribution >= 4 is 5.91 Å². The lowest BCUT2D eigenvalue weighted by molar-refractivity contribution is 0.0614. The Morgan fingerprint density at radius 2 is 2.05 bits per heavy atom. The van der Waals surface area contributed by atoms with Gasteiger partial charge < -0.3 is 10.0 Å². The Kier molecular flexibility index (Phi) is 4.55. The van der Waals surface area contributed by atoms with Gasteiger partial charge in [-0.25, -0.2) is 0 Å². The highest BCUT2D eigenvalue weighted by Crippen LogP contribution is 2.12. The average molecular weight is 266 g/mol. The molecule has 1 aromatic rings. The first-order valence-electron chi connectivity index (χ1n) is 6.80. The van der Waals surface area contributed by atoms with E-state index in [4.69, 9.17) is 5.11 Å². The topological polar surface area (TPSA) is 61.6 Å². The van der Waals surface area contributed by atoms with Crippen molar-refractivity contribution in [2.75, 3.05) is 39.3 Å². The molecular weight excluding hydrogens is 244 g/mol. The fourth-order valence-corrected chi connectivity index (χ4v) is 2.46.